The summed E-state index contributed by atoms with van der Waals surface area (Å²) in [5.74, 6) is -0.164. The summed E-state index contributed by atoms with van der Waals surface area (Å²) in [5.41, 5.74) is 1.68. The van der Waals surface area contributed by atoms with Crippen LogP contribution in [0.1, 0.15) is 47.1 Å². The fraction of sp³-hybridized carbons (Fsp3) is 0.400. The number of carbonyl (C=O) groups excluding carboxylic acids is 1. The second-order valence-electron chi connectivity index (χ2n) is 7.63. The Morgan fingerprint density at radius 1 is 1.41 bits per heavy atom. The van der Waals surface area contributed by atoms with E-state index in [9.17, 15) is 9.90 Å². The van der Waals surface area contributed by atoms with Gasteiger partial charge in [0.2, 0.25) is 0 Å². The minimum Gasteiger partial charge on any atom is -0.507 e. The molecule has 7 heteroatoms. The van der Waals surface area contributed by atoms with Crippen LogP contribution < -0.4 is 0 Å². The molecular weight excluding hydrogens is 475 g/mol. The maximum atomic E-state index is 12.9. The first-order valence-corrected chi connectivity index (χ1v) is 10.6. The minimum atomic E-state index is -0.563. The maximum Gasteiger partial charge on any atom is 0.342 e. The van der Waals surface area contributed by atoms with Gasteiger partial charge in [0.15, 0.2) is 0 Å². The second kappa shape index (κ2) is 7.89. The molecule has 1 aromatic heterocycles. The quantitative estimate of drug-likeness (QED) is 0.377. The number of aliphatic imine (C=N–C) groups is 1. The highest BCUT2D eigenvalue weighted by molar-refractivity contribution is 14.1. The first kappa shape index (κ1) is 20.3. The van der Waals surface area contributed by atoms with Crippen LogP contribution in [0.5, 0.6) is 5.75 Å². The largest absolute Gasteiger partial charge is 0.507 e. The SMILES string of the molecule is CN1CCc2c(sc(/N=C/c3cc(I)ccc3O)c2C(=O)OC(C)(C)C)C1. The van der Waals surface area contributed by atoms with Crippen LogP contribution in [0.4, 0.5) is 5.00 Å². The molecule has 2 aromatic rings. The monoisotopic (exact) mass is 498 g/mol. The van der Waals surface area contributed by atoms with Crippen molar-refractivity contribution in [3.05, 3.63) is 43.3 Å². The molecular formula is C20H23IN2O3S. The summed E-state index contributed by atoms with van der Waals surface area (Å²) >= 11 is 3.72. The van der Waals surface area contributed by atoms with Crippen molar-refractivity contribution in [3.8, 4) is 5.75 Å². The minimum absolute atomic E-state index is 0.166. The van der Waals surface area contributed by atoms with Crippen molar-refractivity contribution in [3.63, 3.8) is 0 Å². The van der Waals surface area contributed by atoms with Gasteiger partial charge in [0.05, 0.1) is 5.56 Å². The average molecular weight is 498 g/mol. The Morgan fingerprint density at radius 2 is 2.15 bits per heavy atom. The van der Waals surface area contributed by atoms with E-state index in [1.54, 1.807) is 12.3 Å². The zero-order chi connectivity index (χ0) is 19.8. The second-order valence-corrected chi connectivity index (χ2v) is 9.96. The summed E-state index contributed by atoms with van der Waals surface area (Å²) in [4.78, 5) is 20.8. The van der Waals surface area contributed by atoms with Crippen LogP contribution in [0.25, 0.3) is 0 Å². The number of benzene rings is 1. The summed E-state index contributed by atoms with van der Waals surface area (Å²) in [5, 5.41) is 10.7. The number of rotatable bonds is 3. The van der Waals surface area contributed by atoms with Gasteiger partial charge in [0.25, 0.3) is 0 Å². The molecule has 0 amide bonds. The molecule has 1 N–H and O–H groups in total. The van der Waals surface area contributed by atoms with Gasteiger partial charge in [-0.3, -0.25) is 0 Å². The fourth-order valence-corrected chi connectivity index (χ4v) is 4.68. The highest BCUT2D eigenvalue weighted by Crippen LogP contribution is 2.39. The van der Waals surface area contributed by atoms with Crippen LogP contribution >= 0.6 is 33.9 Å². The predicted octanol–water partition coefficient (Wildman–Crippen LogP) is 4.75. The predicted molar refractivity (Wildman–Crippen MR) is 118 cm³/mol. The van der Waals surface area contributed by atoms with Crippen molar-refractivity contribution in [2.24, 2.45) is 4.99 Å². The Bertz CT molecular complexity index is 899. The topological polar surface area (TPSA) is 62.1 Å². The van der Waals surface area contributed by atoms with Gasteiger partial charge in [-0.2, -0.15) is 0 Å². The maximum absolute atomic E-state index is 12.9. The van der Waals surface area contributed by atoms with Crippen molar-refractivity contribution < 1.29 is 14.6 Å². The molecule has 0 aliphatic carbocycles. The lowest BCUT2D eigenvalue weighted by molar-refractivity contribution is 0.00694. The number of halogens is 1. The first-order chi connectivity index (χ1) is 12.6. The molecule has 1 aromatic carbocycles. The number of likely N-dealkylation sites (N-methyl/N-ethyl adjacent to an activating group) is 1. The zero-order valence-corrected chi connectivity index (χ0v) is 18.8. The molecule has 0 saturated heterocycles. The normalized spacial score (nSPS) is 15.1. The number of carbonyl (C=O) groups is 1. The first-order valence-electron chi connectivity index (χ1n) is 8.73. The van der Waals surface area contributed by atoms with Gasteiger partial charge >= 0.3 is 5.97 Å². The lowest BCUT2D eigenvalue weighted by atomic mass is 10.0. The van der Waals surface area contributed by atoms with E-state index in [0.717, 1.165) is 33.5 Å². The van der Waals surface area contributed by atoms with E-state index in [2.05, 4.69) is 39.5 Å². The molecule has 5 nitrogen and oxygen atoms in total. The summed E-state index contributed by atoms with van der Waals surface area (Å²) in [7, 11) is 2.07. The molecule has 0 saturated carbocycles. The summed E-state index contributed by atoms with van der Waals surface area (Å²) < 4.78 is 6.65. The molecule has 1 aliphatic heterocycles. The fourth-order valence-electron chi connectivity index (χ4n) is 2.90. The number of phenols is 1. The number of esters is 1. The van der Waals surface area contributed by atoms with Gasteiger partial charge in [0.1, 0.15) is 16.4 Å². The van der Waals surface area contributed by atoms with Crippen molar-refractivity contribution in [1.29, 1.82) is 0 Å². The molecule has 1 aliphatic rings. The molecule has 2 heterocycles. The van der Waals surface area contributed by atoms with Gasteiger partial charge in [-0.1, -0.05) is 0 Å². The molecule has 0 atom stereocenters. The summed E-state index contributed by atoms with van der Waals surface area (Å²) in [6.45, 7) is 7.30. The van der Waals surface area contributed by atoms with E-state index in [0.29, 0.717) is 16.1 Å². The number of fused-ring (bicyclic) bond motifs is 1. The van der Waals surface area contributed by atoms with E-state index in [1.807, 2.05) is 32.9 Å². The van der Waals surface area contributed by atoms with Crippen molar-refractivity contribution in [2.45, 2.75) is 39.3 Å². The van der Waals surface area contributed by atoms with E-state index in [1.165, 1.54) is 11.3 Å². The van der Waals surface area contributed by atoms with Crippen LogP contribution in [0.2, 0.25) is 0 Å². The lowest BCUT2D eigenvalue weighted by Gasteiger charge is -2.23. The summed E-state index contributed by atoms with van der Waals surface area (Å²) in [6.07, 6.45) is 2.42. The number of thiophene rings is 1. The van der Waals surface area contributed by atoms with E-state index >= 15 is 0 Å². The van der Waals surface area contributed by atoms with Crippen LogP contribution in [0, 0.1) is 3.57 Å². The molecule has 0 spiro atoms. The molecule has 0 bridgehead atoms. The van der Waals surface area contributed by atoms with Gasteiger partial charge in [-0.15, -0.1) is 11.3 Å². The number of hydrogen-bond donors (Lipinski definition) is 1. The Kier molecular flexibility index (Phi) is 5.93. The number of aromatic hydroxyl groups is 1. The van der Waals surface area contributed by atoms with Crippen molar-refractivity contribution >= 4 is 51.1 Å². The molecule has 0 unspecified atom stereocenters. The van der Waals surface area contributed by atoms with Crippen LogP contribution in [-0.2, 0) is 17.7 Å². The lowest BCUT2D eigenvalue weighted by Crippen LogP contribution is -2.28. The van der Waals surface area contributed by atoms with Crippen molar-refractivity contribution in [1.82, 2.24) is 4.90 Å². The van der Waals surface area contributed by atoms with Crippen molar-refractivity contribution in [2.75, 3.05) is 13.6 Å². The molecule has 0 radical (unpaired) electrons. The number of phenolic OH excluding ortho intramolecular Hbond substituents is 1. The standard InChI is InChI=1S/C20H23IN2O3S/c1-20(2,3)26-19(25)17-14-7-8-23(4)11-16(14)27-18(17)22-10-12-9-13(21)5-6-15(12)24/h5-6,9-10,24H,7-8,11H2,1-4H3/b22-10+. The number of nitrogens with zero attached hydrogens (tertiary/aromatic N) is 2. The van der Waals surface area contributed by atoms with Gasteiger partial charge in [-0.25, -0.2) is 9.79 Å². The van der Waals surface area contributed by atoms with Crippen LogP contribution in [0.15, 0.2) is 23.2 Å². The smallest absolute Gasteiger partial charge is 0.342 e. The van der Waals surface area contributed by atoms with E-state index < -0.39 is 5.60 Å². The van der Waals surface area contributed by atoms with E-state index in [-0.39, 0.29) is 11.7 Å². The van der Waals surface area contributed by atoms with E-state index in [4.69, 9.17) is 4.74 Å². The third-order valence-electron chi connectivity index (χ3n) is 4.14. The highest BCUT2D eigenvalue weighted by atomic mass is 127. The van der Waals surface area contributed by atoms with Crippen LogP contribution in [0.3, 0.4) is 0 Å². The average Bonchev–Trinajstić information content (AvgIpc) is 2.91. The van der Waals surface area contributed by atoms with Gasteiger partial charge in [0, 0.05) is 33.3 Å². The van der Waals surface area contributed by atoms with Gasteiger partial charge < -0.3 is 14.7 Å². The zero-order valence-electron chi connectivity index (χ0n) is 15.9. The summed E-state index contributed by atoms with van der Waals surface area (Å²) in [6, 6.07) is 5.33. The molecule has 3 rings (SSSR count). The molecule has 0 fully saturated rings. The Hall–Kier alpha value is -1.45. The van der Waals surface area contributed by atoms with Crippen LogP contribution in [-0.4, -0.2) is 41.4 Å². The number of ether oxygens (including phenoxy) is 1. The molecule has 144 valence electrons. The Labute approximate surface area is 177 Å². The Balaban J connectivity index is 2.02. The van der Waals surface area contributed by atoms with Gasteiger partial charge in [-0.05, 0) is 80.6 Å². The number of hydrogen-bond acceptors (Lipinski definition) is 6. The Morgan fingerprint density at radius 3 is 2.85 bits per heavy atom. The highest BCUT2D eigenvalue weighted by Gasteiger charge is 2.29. The third-order valence-corrected chi connectivity index (χ3v) is 5.94. The molecule has 27 heavy (non-hydrogen) atoms. The third kappa shape index (κ3) is 4.89.